The third kappa shape index (κ3) is 4.86. The molecule has 0 aliphatic heterocycles. The van der Waals surface area contributed by atoms with Crippen LogP contribution in [0.15, 0.2) is 59.1 Å². The lowest BCUT2D eigenvalue weighted by atomic mass is 9.60. The van der Waals surface area contributed by atoms with Crippen LogP contribution in [0.25, 0.3) is 0 Å². The first-order valence-corrected chi connectivity index (χ1v) is 14.1. The van der Waals surface area contributed by atoms with E-state index in [-0.39, 0.29) is 18.5 Å². The molecule has 3 atom stereocenters. The van der Waals surface area contributed by atoms with Gasteiger partial charge in [0, 0.05) is 36.4 Å². The predicted octanol–water partition coefficient (Wildman–Crippen LogP) is 4.01. The normalized spacial score (nSPS) is 23.9. The van der Waals surface area contributed by atoms with Crippen LogP contribution in [0.3, 0.4) is 0 Å². The van der Waals surface area contributed by atoms with E-state index in [9.17, 15) is 48.0 Å². The lowest BCUT2D eigenvalue weighted by Gasteiger charge is -2.45. The molecule has 1 unspecified atom stereocenters. The second-order valence-corrected chi connectivity index (χ2v) is 12.6. The summed E-state index contributed by atoms with van der Waals surface area (Å²) in [4.78, 5) is 40.3. The number of hydrogen-bond donors (Lipinski definition) is 5. The molecule has 9 nitrogen and oxygen atoms in total. The monoisotopic (exact) mass is 614 g/mol. The summed E-state index contributed by atoms with van der Waals surface area (Å²) in [5, 5.41) is 43.7. The largest absolute Gasteiger partial charge is 0.511 e. The Hall–Kier alpha value is -4.16. The Morgan fingerprint density at radius 2 is 1.73 bits per heavy atom. The van der Waals surface area contributed by atoms with Crippen molar-refractivity contribution in [3.63, 3.8) is 0 Å². The number of rotatable bonds is 6. The minimum absolute atomic E-state index is 0.204. The molecule has 1 amide bonds. The molecule has 2 aromatic rings. The summed E-state index contributed by atoms with van der Waals surface area (Å²) in [5.41, 5.74) is -0.925. The van der Waals surface area contributed by atoms with Gasteiger partial charge in [-0.2, -0.15) is 13.2 Å². The summed E-state index contributed by atoms with van der Waals surface area (Å²) in [6, 6.07) is 10.4. The number of ketones is 2. The van der Waals surface area contributed by atoms with Gasteiger partial charge in [0.2, 0.25) is 5.78 Å². The fourth-order valence-corrected chi connectivity index (χ4v) is 7.24. The number of carbonyl (C=O) groups excluding carboxylic acids is 3. The van der Waals surface area contributed by atoms with Gasteiger partial charge in [0.05, 0.1) is 11.1 Å². The number of phenolic OH excluding ortho intramolecular Hbond substituents is 1. The number of fused-ring (bicyclic) bond motifs is 3. The smallest absolute Gasteiger partial charge is 0.417 e. The fourth-order valence-electron chi connectivity index (χ4n) is 7.24. The van der Waals surface area contributed by atoms with Crippen molar-refractivity contribution in [1.29, 1.82) is 0 Å². The van der Waals surface area contributed by atoms with Crippen molar-refractivity contribution in [2.24, 2.45) is 17.6 Å². The average Bonchev–Trinajstić information content (AvgIpc) is 2.89. The molecular weight excluding hydrogens is 581 g/mol. The molecule has 12 heteroatoms. The molecule has 3 aliphatic rings. The lowest BCUT2D eigenvalue weighted by molar-refractivity contribution is -0.144. The summed E-state index contributed by atoms with van der Waals surface area (Å²) in [6.07, 6.45) is -6.10. The van der Waals surface area contributed by atoms with Gasteiger partial charge in [0.25, 0.3) is 5.91 Å². The van der Waals surface area contributed by atoms with Crippen molar-refractivity contribution in [2.75, 3.05) is 13.6 Å². The van der Waals surface area contributed by atoms with Crippen molar-refractivity contribution in [1.82, 2.24) is 4.90 Å². The number of carbonyl (C=O) groups is 3. The van der Waals surface area contributed by atoms with E-state index in [4.69, 9.17) is 5.73 Å². The molecule has 0 spiro atoms. The van der Waals surface area contributed by atoms with Crippen LogP contribution < -0.4 is 5.73 Å². The number of allylic oxidation sites excluding steroid dienone is 2. The SMILES string of the molecule is CN(Cc1cc(O)c2c(c1C(F)(F)F)CC1C[C@H]3CC(O)=C(C(N)=O)C(=O)[C@@]3(O)C(O)=C1C2=O)CC(C)(C)c1ccccc1. The number of phenols is 1. The number of nitrogens with two attached hydrogens (primary N) is 1. The van der Waals surface area contributed by atoms with Gasteiger partial charge in [0.15, 0.2) is 11.4 Å². The van der Waals surface area contributed by atoms with E-state index >= 15 is 0 Å². The maximum Gasteiger partial charge on any atom is 0.417 e. The van der Waals surface area contributed by atoms with Crippen molar-refractivity contribution in [3.8, 4) is 5.75 Å². The van der Waals surface area contributed by atoms with Gasteiger partial charge in [-0.1, -0.05) is 44.2 Å². The summed E-state index contributed by atoms with van der Waals surface area (Å²) >= 11 is 0. The Balaban J connectivity index is 1.57. The Morgan fingerprint density at radius 3 is 2.32 bits per heavy atom. The summed E-state index contributed by atoms with van der Waals surface area (Å²) < 4.78 is 44.3. The number of Topliss-reactive ketones (excluding diaryl/α,β-unsaturated/α-hetero) is 2. The molecule has 0 aromatic heterocycles. The first-order chi connectivity index (χ1) is 20.4. The highest BCUT2D eigenvalue weighted by atomic mass is 19.4. The zero-order chi connectivity index (χ0) is 32.5. The van der Waals surface area contributed by atoms with E-state index in [2.05, 4.69) is 0 Å². The number of aliphatic hydroxyl groups excluding tert-OH is 2. The zero-order valence-electron chi connectivity index (χ0n) is 24.3. The zero-order valence-corrected chi connectivity index (χ0v) is 24.3. The van der Waals surface area contributed by atoms with E-state index < -0.39 is 104 Å². The first-order valence-electron chi connectivity index (χ1n) is 14.1. The maximum absolute atomic E-state index is 14.8. The highest BCUT2D eigenvalue weighted by molar-refractivity contribution is 6.24. The van der Waals surface area contributed by atoms with E-state index in [1.165, 1.54) is 0 Å². The Bertz CT molecular complexity index is 1650. The van der Waals surface area contributed by atoms with Crippen LogP contribution in [0.5, 0.6) is 5.75 Å². The number of alkyl halides is 3. The quantitative estimate of drug-likeness (QED) is 0.305. The van der Waals surface area contributed by atoms with Gasteiger partial charge in [-0.3, -0.25) is 14.4 Å². The number of aromatic hydroxyl groups is 1. The Morgan fingerprint density at radius 1 is 1.09 bits per heavy atom. The molecule has 0 saturated carbocycles. The number of halogens is 3. The highest BCUT2D eigenvalue weighted by Gasteiger charge is 2.60. The lowest BCUT2D eigenvalue weighted by Crippen LogP contribution is -2.57. The summed E-state index contributed by atoms with van der Waals surface area (Å²) in [7, 11) is 1.66. The predicted molar refractivity (Wildman–Crippen MR) is 152 cm³/mol. The molecule has 0 bridgehead atoms. The third-order valence-corrected chi connectivity index (χ3v) is 9.09. The summed E-state index contributed by atoms with van der Waals surface area (Å²) in [5.74, 6) is -8.82. The molecule has 3 aliphatic carbocycles. The van der Waals surface area contributed by atoms with E-state index in [1.807, 2.05) is 44.2 Å². The van der Waals surface area contributed by atoms with Gasteiger partial charge < -0.3 is 31.1 Å². The van der Waals surface area contributed by atoms with Crippen LogP contribution in [-0.4, -0.2) is 62.0 Å². The molecule has 0 saturated heterocycles. The van der Waals surface area contributed by atoms with Crippen LogP contribution in [-0.2, 0) is 34.1 Å². The average molecular weight is 615 g/mol. The van der Waals surface area contributed by atoms with Crippen LogP contribution in [0.1, 0.15) is 59.3 Å². The minimum Gasteiger partial charge on any atom is -0.511 e. The van der Waals surface area contributed by atoms with E-state index in [1.54, 1.807) is 11.9 Å². The van der Waals surface area contributed by atoms with Gasteiger partial charge in [0.1, 0.15) is 22.8 Å². The van der Waals surface area contributed by atoms with Crippen LogP contribution in [0.2, 0.25) is 0 Å². The standard InChI is InChI=1S/C32H33F3N2O7/c1-30(2,17-7-5-4-6-8-17)14-37(3)13-16-11-20(38)23-19(25(16)32(33,34)35)10-15-9-18-12-21(39)24(29(36)43)28(42)31(18,44)27(41)22(15)26(23)40/h4-8,11,15,18,38-39,41,44H,9-10,12-14H2,1-3H3,(H2,36,43)/t15?,18-,31-/m0/s1. The number of amides is 1. The van der Waals surface area contributed by atoms with E-state index in [0.717, 1.165) is 11.6 Å². The van der Waals surface area contributed by atoms with Crippen molar-refractivity contribution in [2.45, 2.75) is 56.8 Å². The minimum atomic E-state index is -4.92. The first kappa shape index (κ1) is 31.3. The molecule has 234 valence electrons. The van der Waals surface area contributed by atoms with Crippen molar-refractivity contribution < 1.29 is 48.0 Å². The Labute approximate surface area is 251 Å². The van der Waals surface area contributed by atoms with Crippen LogP contribution in [0.4, 0.5) is 13.2 Å². The number of hydrogen-bond acceptors (Lipinski definition) is 8. The number of nitrogens with zero attached hydrogens (tertiary/aromatic N) is 1. The molecule has 5 rings (SSSR count). The molecule has 44 heavy (non-hydrogen) atoms. The van der Waals surface area contributed by atoms with Gasteiger partial charge in [-0.05, 0) is 48.6 Å². The van der Waals surface area contributed by atoms with Gasteiger partial charge >= 0.3 is 6.18 Å². The fraction of sp³-hybridized carbons (Fsp3) is 0.406. The number of primary amides is 1. The van der Waals surface area contributed by atoms with E-state index in [0.29, 0.717) is 6.54 Å². The topological polar surface area (TPSA) is 161 Å². The third-order valence-electron chi connectivity index (χ3n) is 9.09. The second kappa shape index (κ2) is 10.5. The maximum atomic E-state index is 14.8. The van der Waals surface area contributed by atoms with Crippen LogP contribution in [0, 0.1) is 11.8 Å². The molecule has 6 N–H and O–H groups in total. The molecular formula is C32H33F3N2O7. The summed E-state index contributed by atoms with van der Waals surface area (Å²) in [6.45, 7) is 4.09. The second-order valence-electron chi connectivity index (χ2n) is 12.6. The molecule has 2 aromatic carbocycles. The molecule has 0 heterocycles. The van der Waals surface area contributed by atoms with Crippen molar-refractivity contribution >= 4 is 17.5 Å². The molecule has 0 fully saturated rings. The Kier molecular flexibility index (Phi) is 7.45. The molecule has 0 radical (unpaired) electrons. The number of benzene rings is 2. The van der Waals surface area contributed by atoms with Crippen molar-refractivity contribution in [3.05, 3.63) is 86.9 Å². The number of aliphatic hydroxyl groups is 3. The van der Waals surface area contributed by atoms with Crippen LogP contribution >= 0.6 is 0 Å². The highest BCUT2D eigenvalue weighted by Crippen LogP contribution is 2.53. The van der Waals surface area contributed by atoms with Gasteiger partial charge in [-0.25, -0.2) is 0 Å². The number of likely N-dealkylation sites (N-methyl/N-ethyl adjacent to an activating group) is 1. The van der Waals surface area contributed by atoms with Gasteiger partial charge in [-0.15, -0.1) is 0 Å².